The second-order valence-electron chi connectivity index (χ2n) is 4.11. The summed E-state index contributed by atoms with van der Waals surface area (Å²) in [5.74, 6) is 0. The first-order valence-corrected chi connectivity index (χ1v) is 8.70. The van der Waals surface area contributed by atoms with Crippen LogP contribution in [-0.2, 0) is 9.05 Å². The number of halogens is 1. The van der Waals surface area contributed by atoms with Crippen LogP contribution in [0.2, 0.25) is 0 Å². The number of hydrogen-bond acceptors (Lipinski definition) is 3. The van der Waals surface area contributed by atoms with Crippen LogP contribution >= 0.6 is 22.0 Å². The summed E-state index contributed by atoms with van der Waals surface area (Å²) >= 11 is 1.63. The van der Waals surface area contributed by atoms with Crippen molar-refractivity contribution in [2.45, 2.75) is 4.90 Å². The van der Waals surface area contributed by atoms with Gasteiger partial charge < -0.3 is 0 Å². The summed E-state index contributed by atoms with van der Waals surface area (Å²) in [6.45, 7) is 0. The Morgan fingerprint density at radius 1 is 0.947 bits per heavy atom. The van der Waals surface area contributed by atoms with Gasteiger partial charge >= 0.3 is 0 Å². The molecule has 0 aliphatic heterocycles. The zero-order valence-corrected chi connectivity index (χ0v) is 12.1. The third-order valence-corrected chi connectivity index (χ3v) is 5.34. The first kappa shape index (κ1) is 12.7. The van der Waals surface area contributed by atoms with Gasteiger partial charge in [-0.25, -0.2) is 8.42 Å². The fourth-order valence-corrected chi connectivity index (χ4v) is 3.78. The highest BCUT2D eigenvalue weighted by Gasteiger charge is 2.11. The van der Waals surface area contributed by atoms with E-state index in [1.165, 1.54) is 10.8 Å². The van der Waals surface area contributed by atoms with E-state index >= 15 is 0 Å². The van der Waals surface area contributed by atoms with Crippen molar-refractivity contribution in [3.63, 3.8) is 0 Å². The second kappa shape index (κ2) is 4.63. The highest BCUT2D eigenvalue weighted by Crippen LogP contribution is 2.34. The molecule has 0 atom stereocenters. The molecule has 5 heteroatoms. The minimum Gasteiger partial charge on any atom is -0.207 e. The molecule has 1 aromatic heterocycles. The Labute approximate surface area is 119 Å². The molecule has 0 N–H and O–H groups in total. The molecule has 2 nitrogen and oxygen atoms in total. The molecule has 3 aromatic rings. The van der Waals surface area contributed by atoms with Crippen LogP contribution in [0.3, 0.4) is 0 Å². The minimum absolute atomic E-state index is 0.129. The predicted octanol–water partition coefficient (Wildman–Crippen LogP) is 4.50. The standard InChI is InChI=1S/C14H9ClO2S2/c15-19(16,17)12-6-3-5-10(8-12)14-9-11-4-1-2-7-13(11)18-14/h1-9H. The normalized spacial score (nSPS) is 11.8. The Kier molecular flexibility index (Phi) is 3.09. The molecule has 0 radical (unpaired) electrons. The van der Waals surface area contributed by atoms with Crippen LogP contribution in [-0.4, -0.2) is 8.42 Å². The Morgan fingerprint density at radius 3 is 2.47 bits per heavy atom. The molecule has 1 heterocycles. The molecule has 0 saturated carbocycles. The van der Waals surface area contributed by atoms with Gasteiger partial charge in [0.1, 0.15) is 0 Å². The third-order valence-electron chi connectivity index (χ3n) is 2.83. The molecule has 0 aliphatic rings. The van der Waals surface area contributed by atoms with E-state index in [9.17, 15) is 8.42 Å². The van der Waals surface area contributed by atoms with Gasteiger partial charge in [-0.15, -0.1) is 11.3 Å². The molecular weight excluding hydrogens is 300 g/mol. The highest BCUT2D eigenvalue weighted by atomic mass is 35.7. The van der Waals surface area contributed by atoms with Crippen LogP contribution in [0.5, 0.6) is 0 Å². The molecule has 0 aliphatic carbocycles. The van der Waals surface area contributed by atoms with E-state index in [-0.39, 0.29) is 4.90 Å². The number of benzene rings is 2. The Morgan fingerprint density at radius 2 is 1.74 bits per heavy atom. The lowest BCUT2D eigenvalue weighted by atomic mass is 10.1. The maximum atomic E-state index is 11.4. The number of rotatable bonds is 2. The minimum atomic E-state index is -3.69. The van der Waals surface area contributed by atoms with Crippen LogP contribution in [0.4, 0.5) is 0 Å². The quantitative estimate of drug-likeness (QED) is 0.653. The molecule has 96 valence electrons. The zero-order valence-electron chi connectivity index (χ0n) is 9.71. The molecule has 0 amide bonds. The smallest absolute Gasteiger partial charge is 0.207 e. The molecule has 0 saturated heterocycles. The van der Waals surface area contributed by atoms with Gasteiger partial charge in [0.05, 0.1) is 4.90 Å². The van der Waals surface area contributed by atoms with Gasteiger partial charge in [-0.1, -0.05) is 30.3 Å². The van der Waals surface area contributed by atoms with Crippen LogP contribution < -0.4 is 0 Å². The van der Waals surface area contributed by atoms with Crippen LogP contribution in [0.1, 0.15) is 0 Å². The number of fused-ring (bicyclic) bond motifs is 1. The average Bonchev–Trinajstić information content (AvgIpc) is 2.81. The summed E-state index contributed by atoms with van der Waals surface area (Å²) in [5.41, 5.74) is 0.864. The molecule has 0 fully saturated rings. The summed E-state index contributed by atoms with van der Waals surface area (Å²) in [5, 5.41) is 1.15. The Balaban J connectivity index is 2.16. The van der Waals surface area contributed by atoms with Crippen LogP contribution in [0, 0.1) is 0 Å². The molecule has 0 bridgehead atoms. The van der Waals surface area contributed by atoms with Gasteiger partial charge in [0.25, 0.3) is 9.05 Å². The molecule has 0 unspecified atom stereocenters. The van der Waals surface area contributed by atoms with E-state index in [1.807, 2.05) is 30.3 Å². The van der Waals surface area contributed by atoms with Gasteiger partial charge in [0, 0.05) is 20.3 Å². The summed E-state index contributed by atoms with van der Waals surface area (Å²) in [6.07, 6.45) is 0. The summed E-state index contributed by atoms with van der Waals surface area (Å²) in [6, 6.07) is 16.8. The lowest BCUT2D eigenvalue weighted by molar-refractivity contribution is 0.609. The van der Waals surface area contributed by atoms with Gasteiger partial charge in [-0.3, -0.25) is 0 Å². The van der Waals surface area contributed by atoms with Crippen molar-refractivity contribution in [1.29, 1.82) is 0 Å². The van der Waals surface area contributed by atoms with Crippen molar-refractivity contribution in [3.05, 3.63) is 54.6 Å². The van der Waals surface area contributed by atoms with Crippen LogP contribution in [0.25, 0.3) is 20.5 Å². The summed E-state index contributed by atoms with van der Waals surface area (Å²) in [4.78, 5) is 1.16. The van der Waals surface area contributed by atoms with E-state index in [0.717, 1.165) is 15.8 Å². The van der Waals surface area contributed by atoms with Gasteiger partial charge in [-0.05, 0) is 35.2 Å². The largest absolute Gasteiger partial charge is 0.261 e. The summed E-state index contributed by atoms with van der Waals surface area (Å²) < 4.78 is 23.9. The fourth-order valence-electron chi connectivity index (χ4n) is 1.93. The predicted molar refractivity (Wildman–Crippen MR) is 80.3 cm³/mol. The monoisotopic (exact) mass is 308 g/mol. The van der Waals surface area contributed by atoms with E-state index in [1.54, 1.807) is 23.5 Å². The molecule has 19 heavy (non-hydrogen) atoms. The topological polar surface area (TPSA) is 34.1 Å². The number of hydrogen-bond donors (Lipinski definition) is 0. The molecule has 2 aromatic carbocycles. The lowest BCUT2D eigenvalue weighted by Crippen LogP contribution is -1.89. The van der Waals surface area contributed by atoms with E-state index in [2.05, 4.69) is 6.07 Å². The van der Waals surface area contributed by atoms with Gasteiger partial charge in [0.15, 0.2) is 0 Å². The zero-order chi connectivity index (χ0) is 13.5. The SMILES string of the molecule is O=S(=O)(Cl)c1cccc(-c2cc3ccccc3s2)c1. The molecule has 3 rings (SSSR count). The van der Waals surface area contributed by atoms with Crippen molar-refractivity contribution < 1.29 is 8.42 Å². The van der Waals surface area contributed by atoms with Gasteiger partial charge in [0.2, 0.25) is 0 Å². The van der Waals surface area contributed by atoms with Crippen molar-refractivity contribution in [2.24, 2.45) is 0 Å². The maximum Gasteiger partial charge on any atom is 0.261 e. The average molecular weight is 309 g/mol. The van der Waals surface area contributed by atoms with Crippen LogP contribution in [0.15, 0.2) is 59.5 Å². The van der Waals surface area contributed by atoms with Crippen molar-refractivity contribution >= 4 is 41.2 Å². The maximum absolute atomic E-state index is 11.4. The number of thiophene rings is 1. The second-order valence-corrected chi connectivity index (χ2v) is 7.76. The van der Waals surface area contributed by atoms with E-state index < -0.39 is 9.05 Å². The Hall–Kier alpha value is -1.36. The first-order valence-electron chi connectivity index (χ1n) is 5.58. The van der Waals surface area contributed by atoms with E-state index in [4.69, 9.17) is 10.7 Å². The van der Waals surface area contributed by atoms with Crippen molar-refractivity contribution in [2.75, 3.05) is 0 Å². The van der Waals surface area contributed by atoms with Crippen molar-refractivity contribution in [3.8, 4) is 10.4 Å². The highest BCUT2D eigenvalue weighted by molar-refractivity contribution is 8.13. The molecular formula is C14H9ClO2S2. The third kappa shape index (κ3) is 2.52. The van der Waals surface area contributed by atoms with Gasteiger partial charge in [-0.2, -0.15) is 0 Å². The van der Waals surface area contributed by atoms with Crippen molar-refractivity contribution in [1.82, 2.24) is 0 Å². The molecule has 0 spiro atoms. The summed E-state index contributed by atoms with van der Waals surface area (Å²) in [7, 11) is 1.69. The fraction of sp³-hybridized carbons (Fsp3) is 0. The van der Waals surface area contributed by atoms with E-state index in [0.29, 0.717) is 0 Å². The Bertz CT molecular complexity index is 818. The lowest BCUT2D eigenvalue weighted by Gasteiger charge is -2.00. The first-order chi connectivity index (χ1) is 9.04.